The molecule has 4 heteroatoms. The molecular formula is C18H22N2O2. The predicted molar refractivity (Wildman–Crippen MR) is 86.9 cm³/mol. The van der Waals surface area contributed by atoms with Gasteiger partial charge in [0.25, 0.3) is 0 Å². The van der Waals surface area contributed by atoms with Crippen molar-refractivity contribution in [1.82, 2.24) is 9.88 Å². The zero-order valence-electron chi connectivity index (χ0n) is 13.2. The molecule has 0 spiro atoms. The molecule has 0 saturated heterocycles. The van der Waals surface area contributed by atoms with Crippen molar-refractivity contribution >= 4 is 5.91 Å². The maximum Gasteiger partial charge on any atom is 0.222 e. The first-order chi connectivity index (χ1) is 10.6. The number of rotatable bonds is 7. The summed E-state index contributed by atoms with van der Waals surface area (Å²) in [5.41, 5.74) is 2.29. The van der Waals surface area contributed by atoms with Gasteiger partial charge in [-0.15, -0.1) is 0 Å². The number of pyridine rings is 1. The number of aromatic nitrogens is 1. The van der Waals surface area contributed by atoms with E-state index >= 15 is 0 Å². The molecule has 1 aromatic carbocycles. The Kier molecular flexibility index (Phi) is 5.95. The maximum absolute atomic E-state index is 12.1. The Morgan fingerprint density at radius 2 is 2.00 bits per heavy atom. The smallest absolute Gasteiger partial charge is 0.222 e. The van der Waals surface area contributed by atoms with E-state index in [0.717, 1.165) is 17.7 Å². The third-order valence-electron chi connectivity index (χ3n) is 3.49. The van der Waals surface area contributed by atoms with Crippen LogP contribution in [0.3, 0.4) is 0 Å². The van der Waals surface area contributed by atoms with Crippen molar-refractivity contribution in [2.45, 2.75) is 19.8 Å². The minimum atomic E-state index is 0.122. The van der Waals surface area contributed by atoms with Crippen molar-refractivity contribution in [3.8, 4) is 5.75 Å². The van der Waals surface area contributed by atoms with Crippen molar-refractivity contribution in [2.75, 3.05) is 20.2 Å². The molecule has 0 atom stereocenters. The molecule has 22 heavy (non-hydrogen) atoms. The van der Waals surface area contributed by atoms with Crippen LogP contribution in [-0.2, 0) is 11.2 Å². The van der Waals surface area contributed by atoms with Crippen molar-refractivity contribution in [1.29, 1.82) is 0 Å². The highest BCUT2D eigenvalue weighted by Gasteiger charge is 2.08. The zero-order valence-corrected chi connectivity index (χ0v) is 13.2. The molecule has 0 unspecified atom stereocenters. The topological polar surface area (TPSA) is 42.4 Å². The number of carbonyl (C=O) groups excluding carboxylic acids is 1. The summed E-state index contributed by atoms with van der Waals surface area (Å²) in [5, 5.41) is 0. The standard InChI is InChI=1S/C18H22N2O2/c1-15-5-8-17(9-6-15)22-13-12-20(2)18(21)10-7-16-4-3-11-19-14-16/h3-6,8-9,11,14H,7,10,12-13H2,1-2H3. The average molecular weight is 298 g/mol. The molecule has 1 aromatic heterocycles. The van der Waals surface area contributed by atoms with Crippen LogP contribution < -0.4 is 4.74 Å². The molecule has 1 amide bonds. The minimum Gasteiger partial charge on any atom is -0.492 e. The number of hydrogen-bond donors (Lipinski definition) is 0. The molecule has 116 valence electrons. The number of ether oxygens (including phenoxy) is 1. The summed E-state index contributed by atoms with van der Waals surface area (Å²) < 4.78 is 5.64. The lowest BCUT2D eigenvalue weighted by molar-refractivity contribution is -0.130. The third kappa shape index (κ3) is 5.20. The highest BCUT2D eigenvalue weighted by atomic mass is 16.5. The Morgan fingerprint density at radius 1 is 1.23 bits per heavy atom. The molecule has 2 rings (SSSR count). The number of aryl methyl sites for hydroxylation is 2. The van der Waals surface area contributed by atoms with Gasteiger partial charge in [-0.1, -0.05) is 23.8 Å². The summed E-state index contributed by atoms with van der Waals surface area (Å²) in [5.74, 6) is 0.957. The van der Waals surface area contributed by atoms with Gasteiger partial charge in [-0.05, 0) is 37.1 Å². The van der Waals surface area contributed by atoms with Gasteiger partial charge in [0.15, 0.2) is 0 Å². The van der Waals surface area contributed by atoms with E-state index in [1.165, 1.54) is 5.56 Å². The van der Waals surface area contributed by atoms with E-state index in [4.69, 9.17) is 4.74 Å². The van der Waals surface area contributed by atoms with E-state index in [0.29, 0.717) is 19.6 Å². The van der Waals surface area contributed by atoms with Gasteiger partial charge in [0.1, 0.15) is 12.4 Å². The van der Waals surface area contributed by atoms with E-state index in [-0.39, 0.29) is 5.91 Å². The molecule has 0 bridgehead atoms. The van der Waals surface area contributed by atoms with Gasteiger partial charge in [-0.25, -0.2) is 0 Å². The first-order valence-corrected chi connectivity index (χ1v) is 7.47. The molecule has 0 aliphatic carbocycles. The second kappa shape index (κ2) is 8.17. The van der Waals surface area contributed by atoms with Crippen molar-refractivity contribution in [2.24, 2.45) is 0 Å². The first kappa shape index (κ1) is 16.0. The predicted octanol–water partition coefficient (Wildman–Crippen LogP) is 2.86. The lowest BCUT2D eigenvalue weighted by atomic mass is 10.1. The van der Waals surface area contributed by atoms with Crippen molar-refractivity contribution in [3.05, 3.63) is 59.9 Å². The third-order valence-corrected chi connectivity index (χ3v) is 3.49. The maximum atomic E-state index is 12.1. The molecule has 1 heterocycles. The van der Waals surface area contributed by atoms with Crippen molar-refractivity contribution < 1.29 is 9.53 Å². The summed E-state index contributed by atoms with van der Waals surface area (Å²) in [7, 11) is 1.81. The second-order valence-corrected chi connectivity index (χ2v) is 5.34. The lowest BCUT2D eigenvalue weighted by Crippen LogP contribution is -2.31. The van der Waals surface area contributed by atoms with Crippen LogP contribution >= 0.6 is 0 Å². The Morgan fingerprint density at radius 3 is 2.68 bits per heavy atom. The van der Waals surface area contributed by atoms with Gasteiger partial charge in [0, 0.05) is 25.9 Å². The molecule has 0 radical (unpaired) electrons. The van der Waals surface area contributed by atoms with Crippen LogP contribution in [0.1, 0.15) is 17.5 Å². The van der Waals surface area contributed by atoms with E-state index in [1.807, 2.05) is 50.4 Å². The summed E-state index contributed by atoms with van der Waals surface area (Å²) in [6, 6.07) is 11.8. The molecule has 0 saturated carbocycles. The van der Waals surface area contributed by atoms with E-state index in [2.05, 4.69) is 4.98 Å². The Balaban J connectivity index is 1.69. The molecule has 0 aliphatic heterocycles. The minimum absolute atomic E-state index is 0.122. The van der Waals surface area contributed by atoms with Gasteiger partial charge in [0.05, 0.1) is 6.54 Å². The average Bonchev–Trinajstić information content (AvgIpc) is 2.55. The Labute approximate surface area is 131 Å². The fourth-order valence-electron chi connectivity index (χ4n) is 2.05. The van der Waals surface area contributed by atoms with Gasteiger partial charge < -0.3 is 9.64 Å². The van der Waals surface area contributed by atoms with Gasteiger partial charge >= 0.3 is 0 Å². The largest absolute Gasteiger partial charge is 0.492 e. The SMILES string of the molecule is Cc1ccc(OCCN(C)C(=O)CCc2cccnc2)cc1. The Hall–Kier alpha value is -2.36. The summed E-state index contributed by atoms with van der Waals surface area (Å²) >= 11 is 0. The van der Waals surface area contributed by atoms with Crippen LogP contribution in [-0.4, -0.2) is 36.0 Å². The molecule has 0 fully saturated rings. The van der Waals surface area contributed by atoms with Crippen LogP contribution in [0.15, 0.2) is 48.8 Å². The van der Waals surface area contributed by atoms with Crippen molar-refractivity contribution in [3.63, 3.8) is 0 Å². The molecular weight excluding hydrogens is 276 g/mol. The van der Waals surface area contributed by atoms with Crippen LogP contribution in [0.5, 0.6) is 5.75 Å². The Bertz CT molecular complexity index is 582. The molecule has 0 aliphatic rings. The highest BCUT2D eigenvalue weighted by molar-refractivity contribution is 5.76. The fraction of sp³-hybridized carbons (Fsp3) is 0.333. The highest BCUT2D eigenvalue weighted by Crippen LogP contribution is 2.11. The fourth-order valence-corrected chi connectivity index (χ4v) is 2.05. The lowest BCUT2D eigenvalue weighted by Gasteiger charge is -2.17. The van der Waals surface area contributed by atoms with Gasteiger partial charge in [-0.2, -0.15) is 0 Å². The van der Waals surface area contributed by atoms with Crippen LogP contribution in [0.25, 0.3) is 0 Å². The van der Waals surface area contributed by atoms with E-state index < -0.39 is 0 Å². The number of benzene rings is 1. The second-order valence-electron chi connectivity index (χ2n) is 5.34. The zero-order chi connectivity index (χ0) is 15.8. The first-order valence-electron chi connectivity index (χ1n) is 7.47. The van der Waals surface area contributed by atoms with Crippen LogP contribution in [0, 0.1) is 6.92 Å². The summed E-state index contributed by atoms with van der Waals surface area (Å²) in [6.07, 6.45) is 4.75. The number of amides is 1. The quantitative estimate of drug-likeness (QED) is 0.789. The molecule has 0 N–H and O–H groups in total. The van der Waals surface area contributed by atoms with Crippen LogP contribution in [0.4, 0.5) is 0 Å². The molecule has 2 aromatic rings. The van der Waals surface area contributed by atoms with Crippen LogP contribution in [0.2, 0.25) is 0 Å². The molecule has 4 nitrogen and oxygen atoms in total. The monoisotopic (exact) mass is 298 g/mol. The van der Waals surface area contributed by atoms with E-state index in [9.17, 15) is 4.79 Å². The summed E-state index contributed by atoms with van der Waals surface area (Å²) in [6.45, 7) is 3.12. The normalized spacial score (nSPS) is 10.3. The van der Waals surface area contributed by atoms with Gasteiger partial charge in [0.2, 0.25) is 5.91 Å². The van der Waals surface area contributed by atoms with Gasteiger partial charge in [-0.3, -0.25) is 9.78 Å². The van der Waals surface area contributed by atoms with E-state index in [1.54, 1.807) is 17.3 Å². The number of nitrogens with zero attached hydrogens (tertiary/aromatic N) is 2. The number of carbonyl (C=O) groups is 1. The number of hydrogen-bond acceptors (Lipinski definition) is 3. The summed E-state index contributed by atoms with van der Waals surface area (Å²) in [4.78, 5) is 17.8. The number of likely N-dealkylation sites (N-methyl/N-ethyl adjacent to an activating group) is 1.